The number of hydrogen-bond donors (Lipinski definition) is 1. The first-order chi connectivity index (χ1) is 17.6. The van der Waals surface area contributed by atoms with Crippen molar-refractivity contribution in [1.29, 1.82) is 5.26 Å². The average Bonchev–Trinajstić information content (AvgIpc) is 3.34. The van der Waals surface area contributed by atoms with Gasteiger partial charge in [-0.15, -0.1) is 0 Å². The van der Waals surface area contributed by atoms with E-state index in [9.17, 15) is 10.1 Å². The lowest BCUT2D eigenvalue weighted by Gasteiger charge is -2.09. The molecule has 0 unspecified atom stereocenters. The van der Waals surface area contributed by atoms with Crippen molar-refractivity contribution in [3.8, 4) is 28.8 Å². The number of rotatable bonds is 9. The zero-order chi connectivity index (χ0) is 25.3. The number of nitrogens with one attached hydrogen (secondary N) is 1. The highest BCUT2D eigenvalue weighted by molar-refractivity contribution is 6.02. The Morgan fingerprint density at radius 3 is 2.47 bits per heavy atom. The van der Waals surface area contributed by atoms with Gasteiger partial charge in [-0.05, 0) is 60.9 Å². The number of amides is 1. The first-order valence-corrected chi connectivity index (χ1v) is 11.9. The minimum Gasteiger partial charge on any atom is -0.493 e. The number of nitriles is 1. The molecule has 1 N–H and O–H groups in total. The molecule has 0 bridgehead atoms. The number of nitrogens with zero attached hydrogens (tertiary/aromatic N) is 3. The largest absolute Gasteiger partial charge is 0.493 e. The van der Waals surface area contributed by atoms with Crippen LogP contribution < -0.4 is 10.1 Å². The highest BCUT2D eigenvalue weighted by atomic mass is 16.5. The van der Waals surface area contributed by atoms with Gasteiger partial charge < -0.3 is 10.1 Å². The second-order valence-electron chi connectivity index (χ2n) is 8.38. The van der Waals surface area contributed by atoms with E-state index >= 15 is 0 Å². The SMILES string of the molecule is CCCOc1ccc(-c2nn(-c3ccccc3)cc2C=C(C#N)C(=O)NCc2ccccc2)cc1C. The van der Waals surface area contributed by atoms with Crippen molar-refractivity contribution in [3.63, 3.8) is 0 Å². The van der Waals surface area contributed by atoms with Crippen LogP contribution in [0.3, 0.4) is 0 Å². The second-order valence-corrected chi connectivity index (χ2v) is 8.38. The Kier molecular flexibility index (Phi) is 7.94. The average molecular weight is 477 g/mol. The molecule has 4 aromatic rings. The minimum absolute atomic E-state index is 0.0133. The molecule has 6 heteroatoms. The van der Waals surface area contributed by atoms with E-state index in [1.165, 1.54) is 0 Å². The summed E-state index contributed by atoms with van der Waals surface area (Å²) < 4.78 is 7.58. The number of carbonyl (C=O) groups is 1. The molecule has 4 rings (SSSR count). The van der Waals surface area contributed by atoms with E-state index in [2.05, 4.69) is 12.2 Å². The van der Waals surface area contributed by atoms with Crippen LogP contribution in [-0.4, -0.2) is 22.3 Å². The zero-order valence-corrected chi connectivity index (χ0v) is 20.4. The molecule has 0 aliphatic rings. The smallest absolute Gasteiger partial charge is 0.262 e. The van der Waals surface area contributed by atoms with Crippen LogP contribution in [0.2, 0.25) is 0 Å². The van der Waals surface area contributed by atoms with Gasteiger partial charge in [0, 0.05) is 23.9 Å². The van der Waals surface area contributed by atoms with Crippen LogP contribution in [0.25, 0.3) is 23.0 Å². The summed E-state index contributed by atoms with van der Waals surface area (Å²) in [6.45, 7) is 5.06. The summed E-state index contributed by atoms with van der Waals surface area (Å²) in [5.41, 5.74) is 5.07. The number of carbonyl (C=O) groups excluding carboxylic acids is 1. The summed E-state index contributed by atoms with van der Waals surface area (Å²) in [4.78, 5) is 12.8. The molecule has 180 valence electrons. The molecule has 1 amide bonds. The Hall–Kier alpha value is -4.63. The van der Waals surface area contributed by atoms with E-state index in [0.29, 0.717) is 24.4 Å². The number of aryl methyl sites for hydroxylation is 1. The molecule has 0 aliphatic heterocycles. The molecule has 36 heavy (non-hydrogen) atoms. The number of hydrogen-bond acceptors (Lipinski definition) is 4. The van der Waals surface area contributed by atoms with Crippen molar-refractivity contribution in [1.82, 2.24) is 15.1 Å². The van der Waals surface area contributed by atoms with E-state index in [1.807, 2.05) is 98.1 Å². The molecule has 0 aliphatic carbocycles. The Labute approximate surface area is 211 Å². The van der Waals surface area contributed by atoms with Gasteiger partial charge in [0.25, 0.3) is 5.91 Å². The number of ether oxygens (including phenoxy) is 1. The van der Waals surface area contributed by atoms with Crippen LogP contribution in [0.4, 0.5) is 0 Å². The van der Waals surface area contributed by atoms with Crippen molar-refractivity contribution in [2.75, 3.05) is 6.61 Å². The fourth-order valence-corrected chi connectivity index (χ4v) is 3.78. The van der Waals surface area contributed by atoms with Crippen molar-refractivity contribution in [2.45, 2.75) is 26.8 Å². The van der Waals surface area contributed by atoms with E-state index in [-0.39, 0.29) is 5.57 Å². The van der Waals surface area contributed by atoms with Crippen LogP contribution in [0, 0.1) is 18.3 Å². The number of benzene rings is 3. The molecule has 0 fully saturated rings. The monoisotopic (exact) mass is 476 g/mol. The van der Waals surface area contributed by atoms with Gasteiger partial charge in [0.1, 0.15) is 23.1 Å². The van der Waals surface area contributed by atoms with Gasteiger partial charge in [0.2, 0.25) is 0 Å². The van der Waals surface area contributed by atoms with Crippen LogP contribution in [-0.2, 0) is 11.3 Å². The second kappa shape index (κ2) is 11.7. The molecule has 0 radical (unpaired) electrons. The molecular weight excluding hydrogens is 448 g/mol. The fraction of sp³-hybridized carbons (Fsp3) is 0.167. The molecule has 1 heterocycles. The lowest BCUT2D eigenvalue weighted by Crippen LogP contribution is -2.23. The summed E-state index contributed by atoms with van der Waals surface area (Å²) in [7, 11) is 0. The van der Waals surface area contributed by atoms with Crippen LogP contribution in [0.15, 0.2) is 90.6 Å². The topological polar surface area (TPSA) is 79.9 Å². The molecule has 0 saturated carbocycles. The standard InChI is InChI=1S/C30H28N4O2/c1-3-16-36-28-15-14-24(17-22(28)2)29-26(21-34(33-29)27-12-8-5-9-13-27)18-25(19-31)30(35)32-20-23-10-6-4-7-11-23/h4-15,17-18,21H,3,16,20H2,1-2H3,(H,32,35). The Morgan fingerprint density at radius 1 is 1.08 bits per heavy atom. The van der Waals surface area contributed by atoms with Gasteiger partial charge in [0.15, 0.2) is 0 Å². The van der Waals surface area contributed by atoms with Crippen LogP contribution in [0.5, 0.6) is 5.75 Å². The Bertz CT molecular complexity index is 1400. The third-order valence-corrected chi connectivity index (χ3v) is 5.63. The maximum absolute atomic E-state index is 12.8. The van der Waals surface area contributed by atoms with Gasteiger partial charge in [0.05, 0.1) is 12.3 Å². The minimum atomic E-state index is -0.431. The lowest BCUT2D eigenvalue weighted by molar-refractivity contribution is -0.117. The van der Waals surface area contributed by atoms with Gasteiger partial charge in [-0.25, -0.2) is 4.68 Å². The lowest BCUT2D eigenvalue weighted by atomic mass is 10.0. The van der Waals surface area contributed by atoms with E-state index in [4.69, 9.17) is 9.84 Å². The third-order valence-electron chi connectivity index (χ3n) is 5.63. The predicted molar refractivity (Wildman–Crippen MR) is 141 cm³/mol. The Morgan fingerprint density at radius 2 is 1.81 bits per heavy atom. The summed E-state index contributed by atoms with van der Waals surface area (Å²) in [5, 5.41) is 17.4. The first kappa shape index (κ1) is 24.5. The van der Waals surface area contributed by atoms with E-state index in [1.54, 1.807) is 10.8 Å². The molecule has 6 nitrogen and oxygen atoms in total. The summed E-state index contributed by atoms with van der Waals surface area (Å²) in [5.74, 6) is 0.400. The van der Waals surface area contributed by atoms with E-state index < -0.39 is 5.91 Å². The summed E-state index contributed by atoms with van der Waals surface area (Å²) in [6, 6.07) is 27.3. The quantitative estimate of drug-likeness (QED) is 0.242. The fourth-order valence-electron chi connectivity index (χ4n) is 3.78. The maximum Gasteiger partial charge on any atom is 0.262 e. The molecule has 1 aromatic heterocycles. The first-order valence-electron chi connectivity index (χ1n) is 11.9. The van der Waals surface area contributed by atoms with E-state index in [0.717, 1.165) is 34.5 Å². The summed E-state index contributed by atoms with van der Waals surface area (Å²) >= 11 is 0. The number of aromatic nitrogens is 2. The summed E-state index contributed by atoms with van der Waals surface area (Å²) in [6.07, 6.45) is 4.36. The predicted octanol–water partition coefficient (Wildman–Crippen LogP) is 5.86. The molecule has 0 saturated heterocycles. The third kappa shape index (κ3) is 5.89. The maximum atomic E-state index is 12.8. The van der Waals surface area contributed by atoms with Crippen molar-refractivity contribution in [3.05, 3.63) is 107 Å². The van der Waals surface area contributed by atoms with Crippen molar-refractivity contribution >= 4 is 12.0 Å². The molecular formula is C30H28N4O2. The highest BCUT2D eigenvalue weighted by Crippen LogP contribution is 2.30. The van der Waals surface area contributed by atoms with Gasteiger partial charge in [-0.2, -0.15) is 10.4 Å². The van der Waals surface area contributed by atoms with Crippen LogP contribution >= 0.6 is 0 Å². The molecule has 3 aromatic carbocycles. The molecule has 0 atom stereocenters. The highest BCUT2D eigenvalue weighted by Gasteiger charge is 2.16. The van der Waals surface area contributed by atoms with Gasteiger partial charge in [-0.1, -0.05) is 55.5 Å². The van der Waals surface area contributed by atoms with Crippen molar-refractivity contribution in [2.24, 2.45) is 0 Å². The van der Waals surface area contributed by atoms with Crippen LogP contribution in [0.1, 0.15) is 30.0 Å². The Balaban J connectivity index is 1.69. The van der Waals surface area contributed by atoms with Gasteiger partial charge in [-0.3, -0.25) is 4.79 Å². The van der Waals surface area contributed by atoms with Gasteiger partial charge >= 0.3 is 0 Å². The number of para-hydroxylation sites is 1. The normalized spacial score (nSPS) is 11.1. The zero-order valence-electron chi connectivity index (χ0n) is 20.4. The molecule has 0 spiro atoms. The van der Waals surface area contributed by atoms with Crippen molar-refractivity contribution < 1.29 is 9.53 Å².